The first-order valence-corrected chi connectivity index (χ1v) is 12.9. The number of nitrogens with one attached hydrogen (secondary N) is 1. The van der Waals surface area contributed by atoms with E-state index in [1.165, 1.54) is 29.8 Å². The van der Waals surface area contributed by atoms with Gasteiger partial charge in [0, 0.05) is 22.2 Å². The van der Waals surface area contributed by atoms with E-state index in [9.17, 15) is 8.78 Å². The van der Waals surface area contributed by atoms with Gasteiger partial charge in [0.05, 0.1) is 17.1 Å². The fraction of sp³-hybridized carbons (Fsp3) is 0.0286. The zero-order valence-corrected chi connectivity index (χ0v) is 21.0. The Bertz CT molecular complexity index is 1840. The molecule has 1 unspecified atom stereocenters. The van der Waals surface area contributed by atoms with Gasteiger partial charge in [0.2, 0.25) is 0 Å². The van der Waals surface area contributed by atoms with Crippen molar-refractivity contribution >= 4 is 33.1 Å². The van der Waals surface area contributed by atoms with Crippen LogP contribution in [0.25, 0.3) is 38.8 Å². The van der Waals surface area contributed by atoms with E-state index in [1.807, 2.05) is 36.4 Å². The van der Waals surface area contributed by atoms with Crippen molar-refractivity contribution in [3.8, 4) is 5.69 Å². The van der Waals surface area contributed by atoms with Crippen LogP contribution >= 0.6 is 0 Å². The highest BCUT2D eigenvalue weighted by molar-refractivity contribution is 6.09. The molecule has 0 fully saturated rings. The topological polar surface area (TPSA) is 17.0 Å². The second kappa shape index (κ2) is 9.41. The summed E-state index contributed by atoms with van der Waals surface area (Å²) >= 11 is 0. The van der Waals surface area contributed by atoms with Crippen LogP contribution in [0, 0.1) is 11.6 Å². The van der Waals surface area contributed by atoms with Gasteiger partial charge in [-0.25, -0.2) is 8.78 Å². The van der Waals surface area contributed by atoms with Gasteiger partial charge in [-0.2, -0.15) is 0 Å². The summed E-state index contributed by atoms with van der Waals surface area (Å²) < 4.78 is 30.5. The van der Waals surface area contributed by atoms with Crippen LogP contribution in [-0.2, 0) is 0 Å². The highest BCUT2D eigenvalue weighted by atomic mass is 19.1. The van der Waals surface area contributed by atoms with Gasteiger partial charge in [-0.3, -0.25) is 0 Å². The van der Waals surface area contributed by atoms with E-state index >= 15 is 0 Å². The number of hydrogen-bond acceptors (Lipinski definition) is 1. The molecule has 1 aliphatic heterocycles. The number of rotatable bonds is 4. The fourth-order valence-electron chi connectivity index (χ4n) is 5.51. The molecule has 1 aliphatic rings. The summed E-state index contributed by atoms with van der Waals surface area (Å²) in [6.45, 7) is 0. The molecule has 6 aromatic rings. The maximum atomic E-state index is 14.2. The summed E-state index contributed by atoms with van der Waals surface area (Å²) in [5.74, 6) is -0.685. The summed E-state index contributed by atoms with van der Waals surface area (Å²) in [7, 11) is 0. The van der Waals surface area contributed by atoms with E-state index in [0.717, 1.165) is 39.1 Å². The molecule has 0 radical (unpaired) electrons. The molecule has 1 N–H and O–H groups in total. The minimum absolute atomic E-state index is 0.00394. The van der Waals surface area contributed by atoms with Crippen LogP contribution in [-0.4, -0.2) is 4.57 Å². The highest BCUT2D eigenvalue weighted by Gasteiger charge is 2.19. The molecule has 0 spiro atoms. The Hall–Kier alpha value is -4.96. The summed E-state index contributed by atoms with van der Waals surface area (Å²) in [5.41, 5.74) is 8.09. The van der Waals surface area contributed by atoms with Crippen LogP contribution in [0.1, 0.15) is 22.7 Å². The van der Waals surface area contributed by atoms with Gasteiger partial charge in [0.15, 0.2) is 0 Å². The number of benzene rings is 5. The molecular weight excluding hydrogens is 486 g/mol. The predicted octanol–water partition coefficient (Wildman–Crippen LogP) is 8.83. The average Bonchev–Trinajstić information content (AvgIpc) is 3.30. The molecule has 39 heavy (non-hydrogen) atoms. The summed E-state index contributed by atoms with van der Waals surface area (Å²) in [4.78, 5) is 0. The van der Waals surface area contributed by atoms with Crippen LogP contribution in [0.3, 0.4) is 0 Å². The van der Waals surface area contributed by atoms with Gasteiger partial charge in [0.25, 0.3) is 0 Å². The van der Waals surface area contributed by atoms with E-state index < -0.39 is 0 Å². The van der Waals surface area contributed by atoms with Crippen LogP contribution < -0.4 is 5.32 Å². The van der Waals surface area contributed by atoms with Gasteiger partial charge < -0.3 is 9.88 Å². The molecular formula is C35H24F2N2. The normalized spacial score (nSPS) is 15.2. The third kappa shape index (κ3) is 4.20. The van der Waals surface area contributed by atoms with E-state index in [4.69, 9.17) is 0 Å². The number of dihydropyridines is 1. The standard InChI is InChI=1S/C35H24F2N2/c36-27-14-16-34-30(21-27)31-22-28(37)15-17-35(31)39(34)29-13-7-12-25(18-29)26-19-32(23-8-3-1-4-9-23)38-33(20-26)24-10-5-2-6-11-24/h1-22,32,38H. The second-order valence-electron chi connectivity index (χ2n) is 9.79. The maximum Gasteiger partial charge on any atom is 0.123 e. The van der Waals surface area contributed by atoms with Gasteiger partial charge in [-0.15, -0.1) is 0 Å². The quantitative estimate of drug-likeness (QED) is 0.251. The van der Waals surface area contributed by atoms with Gasteiger partial charge >= 0.3 is 0 Å². The lowest BCUT2D eigenvalue weighted by atomic mass is 9.93. The zero-order valence-electron chi connectivity index (χ0n) is 21.0. The summed E-state index contributed by atoms with van der Waals surface area (Å²) in [5, 5.41) is 5.07. The van der Waals surface area contributed by atoms with E-state index in [1.54, 1.807) is 12.1 Å². The van der Waals surface area contributed by atoms with E-state index in [0.29, 0.717) is 10.8 Å². The van der Waals surface area contributed by atoms with Crippen molar-refractivity contribution in [3.63, 3.8) is 0 Å². The highest BCUT2D eigenvalue weighted by Crippen LogP contribution is 2.36. The Morgan fingerprint density at radius 3 is 1.87 bits per heavy atom. The van der Waals surface area contributed by atoms with Crippen molar-refractivity contribution < 1.29 is 8.78 Å². The lowest BCUT2D eigenvalue weighted by Gasteiger charge is -2.26. The first-order chi connectivity index (χ1) is 19.1. The number of aromatic nitrogens is 1. The van der Waals surface area contributed by atoms with Crippen LogP contribution in [0.2, 0.25) is 0 Å². The number of halogens is 2. The molecule has 7 rings (SSSR count). The SMILES string of the molecule is Fc1ccc2c(c1)c1cc(F)ccc1n2-c1cccc(C2=CC(c3ccccc3)NC(c3ccccc3)=C2)c1. The molecule has 0 saturated heterocycles. The largest absolute Gasteiger partial charge is 0.374 e. The van der Waals surface area contributed by atoms with Crippen molar-refractivity contribution in [2.24, 2.45) is 0 Å². The van der Waals surface area contributed by atoms with Gasteiger partial charge in [0.1, 0.15) is 11.6 Å². The monoisotopic (exact) mass is 510 g/mol. The van der Waals surface area contributed by atoms with Crippen LogP contribution in [0.4, 0.5) is 8.78 Å². The predicted molar refractivity (Wildman–Crippen MR) is 155 cm³/mol. The Morgan fingerprint density at radius 1 is 0.590 bits per heavy atom. The maximum absolute atomic E-state index is 14.2. The number of allylic oxidation sites excluding steroid dienone is 2. The Balaban J connectivity index is 1.40. The van der Waals surface area contributed by atoms with Gasteiger partial charge in [-0.05, 0) is 82.9 Å². The van der Waals surface area contributed by atoms with Crippen LogP contribution in [0.15, 0.2) is 133 Å². The molecule has 188 valence electrons. The number of nitrogens with zero attached hydrogens (tertiary/aromatic N) is 1. The van der Waals surface area contributed by atoms with E-state index in [-0.39, 0.29) is 17.7 Å². The van der Waals surface area contributed by atoms with Crippen molar-refractivity contribution in [1.29, 1.82) is 0 Å². The summed E-state index contributed by atoms with van der Waals surface area (Å²) in [6.07, 6.45) is 4.43. The van der Waals surface area contributed by atoms with Gasteiger partial charge in [-0.1, -0.05) is 72.8 Å². The third-order valence-corrected chi connectivity index (χ3v) is 7.33. The van der Waals surface area contributed by atoms with Crippen molar-refractivity contribution in [2.75, 3.05) is 0 Å². The summed E-state index contributed by atoms with van der Waals surface area (Å²) in [6, 6.07) is 38.4. The molecule has 4 heteroatoms. The second-order valence-corrected chi connectivity index (χ2v) is 9.79. The van der Waals surface area contributed by atoms with Crippen molar-refractivity contribution in [2.45, 2.75) is 6.04 Å². The smallest absolute Gasteiger partial charge is 0.123 e. The average molecular weight is 511 g/mol. The molecule has 1 atom stereocenters. The molecule has 1 aromatic heterocycles. The molecule has 0 amide bonds. The van der Waals surface area contributed by atoms with Crippen molar-refractivity contribution in [3.05, 3.63) is 162 Å². The molecule has 5 aromatic carbocycles. The lowest BCUT2D eigenvalue weighted by molar-refractivity contribution is 0.628. The van der Waals surface area contributed by atoms with E-state index in [2.05, 4.69) is 70.6 Å². The molecule has 0 aliphatic carbocycles. The molecule has 0 saturated carbocycles. The first-order valence-electron chi connectivity index (χ1n) is 12.9. The Kier molecular flexibility index (Phi) is 5.59. The number of fused-ring (bicyclic) bond motifs is 3. The van der Waals surface area contributed by atoms with Crippen molar-refractivity contribution in [1.82, 2.24) is 9.88 Å². The Labute approximate surface area is 225 Å². The lowest BCUT2D eigenvalue weighted by Crippen LogP contribution is -2.21. The van der Waals surface area contributed by atoms with Crippen LogP contribution in [0.5, 0.6) is 0 Å². The zero-order chi connectivity index (χ0) is 26.3. The Morgan fingerprint density at radius 2 is 1.21 bits per heavy atom. The fourth-order valence-corrected chi connectivity index (χ4v) is 5.51. The molecule has 2 heterocycles. The first kappa shape index (κ1) is 23.2. The third-order valence-electron chi connectivity index (χ3n) is 7.33. The minimum atomic E-state index is -0.343. The molecule has 0 bridgehead atoms. The number of hydrogen-bond donors (Lipinski definition) is 1. The minimum Gasteiger partial charge on any atom is -0.374 e. The molecule has 2 nitrogen and oxygen atoms in total.